The third kappa shape index (κ3) is 2.97. The monoisotopic (exact) mass is 278 g/mol. The van der Waals surface area contributed by atoms with E-state index in [9.17, 15) is 4.79 Å². The van der Waals surface area contributed by atoms with Crippen molar-refractivity contribution in [1.82, 2.24) is 9.97 Å². The number of hydrazone groups is 1. The topological polar surface area (TPSA) is 70.1 Å². The maximum Gasteiger partial charge on any atom is 0.252 e. The summed E-state index contributed by atoms with van der Waals surface area (Å²) in [4.78, 5) is 18.1. The number of benzene rings is 2. The molecule has 104 valence electrons. The number of nitrogens with zero attached hydrogens (tertiary/aromatic N) is 2. The molecule has 0 saturated heterocycles. The van der Waals surface area contributed by atoms with Crippen LogP contribution in [-0.4, -0.2) is 16.2 Å². The molecule has 0 saturated carbocycles. The Kier molecular flexibility index (Phi) is 3.47. The van der Waals surface area contributed by atoms with Crippen LogP contribution in [0.4, 0.5) is 5.95 Å². The van der Waals surface area contributed by atoms with E-state index in [-0.39, 0.29) is 5.56 Å². The molecule has 2 N–H and O–H groups in total. The first kappa shape index (κ1) is 13.1. The molecule has 21 heavy (non-hydrogen) atoms. The van der Waals surface area contributed by atoms with E-state index in [2.05, 4.69) is 32.6 Å². The summed E-state index contributed by atoms with van der Waals surface area (Å²) in [5, 5.41) is 6.41. The zero-order chi connectivity index (χ0) is 14.7. The maximum atomic E-state index is 11.3. The van der Waals surface area contributed by atoms with Gasteiger partial charge in [-0.25, -0.2) is 10.4 Å². The van der Waals surface area contributed by atoms with E-state index in [1.807, 2.05) is 30.3 Å². The average molecular weight is 278 g/mol. The first-order valence-corrected chi connectivity index (χ1v) is 6.57. The zero-order valence-corrected chi connectivity index (χ0v) is 11.5. The Morgan fingerprint density at radius 3 is 2.86 bits per heavy atom. The van der Waals surface area contributed by atoms with Gasteiger partial charge in [-0.2, -0.15) is 5.10 Å². The van der Waals surface area contributed by atoms with Crippen molar-refractivity contribution in [3.8, 4) is 0 Å². The van der Waals surface area contributed by atoms with Gasteiger partial charge in [0.05, 0.1) is 6.21 Å². The molecular weight excluding hydrogens is 264 g/mol. The van der Waals surface area contributed by atoms with Gasteiger partial charge in [-0.1, -0.05) is 42.5 Å². The van der Waals surface area contributed by atoms with Gasteiger partial charge < -0.3 is 0 Å². The SMILES string of the molecule is Cc1cc(=O)[nH]c(N/N=C\c2cccc3ccccc23)n1. The number of aryl methyl sites for hydroxylation is 1. The van der Waals surface area contributed by atoms with Crippen molar-refractivity contribution in [3.05, 3.63) is 70.1 Å². The summed E-state index contributed by atoms with van der Waals surface area (Å²) in [6.07, 6.45) is 1.71. The second-order valence-electron chi connectivity index (χ2n) is 4.67. The van der Waals surface area contributed by atoms with E-state index in [0.29, 0.717) is 11.6 Å². The number of aromatic nitrogens is 2. The Labute approximate surface area is 121 Å². The lowest BCUT2D eigenvalue weighted by Crippen LogP contribution is -2.10. The molecule has 0 unspecified atom stereocenters. The Morgan fingerprint density at radius 1 is 1.19 bits per heavy atom. The fourth-order valence-corrected chi connectivity index (χ4v) is 2.16. The number of hydrogen-bond acceptors (Lipinski definition) is 4. The van der Waals surface area contributed by atoms with E-state index in [4.69, 9.17) is 0 Å². The highest BCUT2D eigenvalue weighted by atomic mass is 16.1. The Morgan fingerprint density at radius 2 is 2.00 bits per heavy atom. The van der Waals surface area contributed by atoms with E-state index in [1.165, 1.54) is 6.07 Å². The van der Waals surface area contributed by atoms with Gasteiger partial charge >= 0.3 is 0 Å². The van der Waals surface area contributed by atoms with Crippen LogP contribution in [-0.2, 0) is 0 Å². The van der Waals surface area contributed by atoms with Gasteiger partial charge in [0.2, 0.25) is 5.95 Å². The molecule has 3 aromatic rings. The van der Waals surface area contributed by atoms with Crippen molar-refractivity contribution in [1.29, 1.82) is 0 Å². The van der Waals surface area contributed by atoms with Crippen LogP contribution in [0.15, 0.2) is 58.4 Å². The third-order valence-electron chi connectivity index (χ3n) is 3.07. The lowest BCUT2D eigenvalue weighted by atomic mass is 10.1. The van der Waals surface area contributed by atoms with Gasteiger partial charge in [0, 0.05) is 17.3 Å². The maximum absolute atomic E-state index is 11.3. The van der Waals surface area contributed by atoms with Crippen molar-refractivity contribution >= 4 is 22.9 Å². The number of H-pyrrole nitrogens is 1. The Bertz CT molecular complexity index is 862. The molecule has 0 aliphatic carbocycles. The standard InChI is InChI=1S/C16H14N4O/c1-11-9-15(21)19-16(18-11)20-17-10-13-7-4-6-12-5-2-3-8-14(12)13/h2-10H,1H3,(H2,18,19,20,21)/b17-10-. The van der Waals surface area contributed by atoms with E-state index < -0.39 is 0 Å². The molecule has 0 aliphatic heterocycles. The molecule has 0 fully saturated rings. The second kappa shape index (κ2) is 5.58. The molecule has 2 aromatic carbocycles. The minimum absolute atomic E-state index is 0.203. The number of rotatable bonds is 3. The number of aromatic amines is 1. The van der Waals surface area contributed by atoms with Crippen LogP contribution >= 0.6 is 0 Å². The van der Waals surface area contributed by atoms with Crippen LogP contribution in [0.3, 0.4) is 0 Å². The van der Waals surface area contributed by atoms with Gasteiger partial charge in [0.15, 0.2) is 0 Å². The molecule has 0 bridgehead atoms. The van der Waals surface area contributed by atoms with Crippen LogP contribution < -0.4 is 11.0 Å². The molecule has 0 atom stereocenters. The summed E-state index contributed by atoms with van der Waals surface area (Å²) >= 11 is 0. The van der Waals surface area contributed by atoms with Gasteiger partial charge in [-0.15, -0.1) is 0 Å². The van der Waals surface area contributed by atoms with Crippen LogP contribution in [0.1, 0.15) is 11.3 Å². The normalized spacial score (nSPS) is 11.1. The zero-order valence-electron chi connectivity index (χ0n) is 11.5. The highest BCUT2D eigenvalue weighted by Gasteiger charge is 1.98. The van der Waals surface area contributed by atoms with E-state index in [1.54, 1.807) is 13.1 Å². The van der Waals surface area contributed by atoms with Crippen molar-refractivity contribution in [2.24, 2.45) is 5.10 Å². The van der Waals surface area contributed by atoms with Gasteiger partial charge in [0.1, 0.15) is 0 Å². The van der Waals surface area contributed by atoms with Crippen molar-refractivity contribution in [2.45, 2.75) is 6.92 Å². The van der Waals surface area contributed by atoms with Crippen molar-refractivity contribution < 1.29 is 0 Å². The van der Waals surface area contributed by atoms with E-state index >= 15 is 0 Å². The summed E-state index contributed by atoms with van der Waals surface area (Å²) < 4.78 is 0. The molecule has 0 aliphatic rings. The van der Waals surface area contributed by atoms with Crippen molar-refractivity contribution in [3.63, 3.8) is 0 Å². The quantitative estimate of drug-likeness (QED) is 0.571. The van der Waals surface area contributed by atoms with Crippen molar-refractivity contribution in [2.75, 3.05) is 5.43 Å². The highest BCUT2D eigenvalue weighted by molar-refractivity contribution is 5.99. The highest BCUT2D eigenvalue weighted by Crippen LogP contribution is 2.16. The lowest BCUT2D eigenvalue weighted by molar-refractivity contribution is 1.04. The minimum Gasteiger partial charge on any atom is -0.291 e. The van der Waals surface area contributed by atoms with Crippen LogP contribution in [0.5, 0.6) is 0 Å². The molecular formula is C16H14N4O. The van der Waals surface area contributed by atoms with Crippen LogP contribution in [0.25, 0.3) is 10.8 Å². The predicted octanol–water partition coefficient (Wildman–Crippen LogP) is 2.68. The predicted molar refractivity (Wildman–Crippen MR) is 84.8 cm³/mol. The first-order chi connectivity index (χ1) is 10.2. The summed E-state index contributed by atoms with van der Waals surface area (Å²) in [7, 11) is 0. The fraction of sp³-hybridized carbons (Fsp3) is 0.0625. The molecule has 1 aromatic heterocycles. The number of fused-ring (bicyclic) bond motifs is 1. The minimum atomic E-state index is -0.203. The molecule has 0 spiro atoms. The molecule has 0 radical (unpaired) electrons. The van der Waals surface area contributed by atoms with E-state index in [0.717, 1.165) is 16.3 Å². The van der Waals surface area contributed by atoms with Gasteiger partial charge in [-0.05, 0) is 17.7 Å². The lowest BCUT2D eigenvalue weighted by Gasteiger charge is -2.02. The third-order valence-corrected chi connectivity index (χ3v) is 3.07. The molecule has 5 heteroatoms. The summed E-state index contributed by atoms with van der Waals surface area (Å²) in [5.74, 6) is 0.330. The Hall–Kier alpha value is -2.95. The number of anilines is 1. The summed E-state index contributed by atoms with van der Waals surface area (Å²) in [5.41, 5.74) is 4.18. The van der Waals surface area contributed by atoms with Gasteiger partial charge in [0.25, 0.3) is 5.56 Å². The molecule has 3 rings (SSSR count). The second-order valence-corrected chi connectivity index (χ2v) is 4.67. The average Bonchev–Trinajstić information content (AvgIpc) is 2.46. The Balaban J connectivity index is 1.86. The number of nitrogens with one attached hydrogen (secondary N) is 2. The smallest absolute Gasteiger partial charge is 0.252 e. The first-order valence-electron chi connectivity index (χ1n) is 6.57. The van der Waals surface area contributed by atoms with Gasteiger partial charge in [-0.3, -0.25) is 9.78 Å². The summed E-state index contributed by atoms with van der Waals surface area (Å²) in [6, 6.07) is 15.6. The fourth-order valence-electron chi connectivity index (χ4n) is 2.16. The largest absolute Gasteiger partial charge is 0.291 e. The number of hydrogen-bond donors (Lipinski definition) is 2. The molecule has 1 heterocycles. The summed E-state index contributed by atoms with van der Waals surface area (Å²) in [6.45, 7) is 1.76. The van der Waals surface area contributed by atoms with Crippen LogP contribution in [0, 0.1) is 6.92 Å². The molecule has 5 nitrogen and oxygen atoms in total. The van der Waals surface area contributed by atoms with Crippen LogP contribution in [0.2, 0.25) is 0 Å². The molecule has 0 amide bonds.